The number of carboxylic acid groups (broad SMARTS) is 1. The Kier molecular flexibility index (Phi) is 8.95. The van der Waals surface area contributed by atoms with Gasteiger partial charge in [0.1, 0.15) is 0 Å². The SMILES string of the molecule is CCC(C)CN(CC)C(=O)NCC(CC(=O)O)OC. The molecule has 2 atom stereocenters. The third-order valence-corrected chi connectivity index (χ3v) is 3.11. The van der Waals surface area contributed by atoms with E-state index >= 15 is 0 Å². The topological polar surface area (TPSA) is 78.9 Å². The molecule has 2 unspecified atom stereocenters. The number of carboxylic acids is 1. The number of rotatable bonds is 9. The monoisotopic (exact) mass is 274 g/mol. The first kappa shape index (κ1) is 17.7. The van der Waals surface area contributed by atoms with Crippen LogP contribution in [0.1, 0.15) is 33.6 Å². The van der Waals surface area contributed by atoms with Gasteiger partial charge in [-0.1, -0.05) is 20.3 Å². The Bertz CT molecular complexity index is 284. The van der Waals surface area contributed by atoms with E-state index in [0.717, 1.165) is 6.42 Å². The minimum absolute atomic E-state index is 0.117. The fourth-order valence-corrected chi connectivity index (χ4v) is 1.61. The smallest absolute Gasteiger partial charge is 0.317 e. The number of nitrogens with one attached hydrogen (secondary N) is 1. The van der Waals surface area contributed by atoms with E-state index in [4.69, 9.17) is 9.84 Å². The van der Waals surface area contributed by atoms with E-state index in [9.17, 15) is 9.59 Å². The highest BCUT2D eigenvalue weighted by Crippen LogP contribution is 2.04. The van der Waals surface area contributed by atoms with Crippen LogP contribution in [0.25, 0.3) is 0 Å². The van der Waals surface area contributed by atoms with Gasteiger partial charge in [0.25, 0.3) is 0 Å². The van der Waals surface area contributed by atoms with Gasteiger partial charge in [-0.25, -0.2) is 4.79 Å². The van der Waals surface area contributed by atoms with Crippen molar-refractivity contribution in [2.45, 2.75) is 39.7 Å². The molecule has 0 heterocycles. The Morgan fingerprint density at radius 2 is 2.00 bits per heavy atom. The maximum absolute atomic E-state index is 11.9. The minimum Gasteiger partial charge on any atom is -0.481 e. The Balaban J connectivity index is 4.21. The molecule has 0 aromatic rings. The maximum atomic E-state index is 11.9. The Hall–Kier alpha value is -1.30. The number of amides is 2. The molecule has 0 saturated carbocycles. The molecule has 6 nitrogen and oxygen atoms in total. The van der Waals surface area contributed by atoms with Gasteiger partial charge < -0.3 is 20.1 Å². The summed E-state index contributed by atoms with van der Waals surface area (Å²) < 4.78 is 5.01. The van der Waals surface area contributed by atoms with Crippen molar-refractivity contribution >= 4 is 12.0 Å². The lowest BCUT2D eigenvalue weighted by molar-refractivity contribution is -0.139. The fraction of sp³-hybridized carbons (Fsp3) is 0.846. The number of ether oxygens (including phenoxy) is 1. The minimum atomic E-state index is -0.937. The van der Waals surface area contributed by atoms with Gasteiger partial charge >= 0.3 is 12.0 Å². The molecule has 0 aliphatic carbocycles. The van der Waals surface area contributed by atoms with E-state index in [1.165, 1.54) is 7.11 Å². The molecule has 0 bridgehead atoms. The van der Waals surface area contributed by atoms with Crippen molar-refractivity contribution in [3.8, 4) is 0 Å². The summed E-state index contributed by atoms with van der Waals surface area (Å²) >= 11 is 0. The maximum Gasteiger partial charge on any atom is 0.317 e. The van der Waals surface area contributed by atoms with E-state index in [-0.39, 0.29) is 19.0 Å². The number of hydrogen-bond donors (Lipinski definition) is 2. The molecule has 0 aromatic heterocycles. The number of urea groups is 1. The van der Waals surface area contributed by atoms with Crippen LogP contribution in [0.3, 0.4) is 0 Å². The molecule has 0 aromatic carbocycles. The first-order valence-corrected chi connectivity index (χ1v) is 6.71. The van der Waals surface area contributed by atoms with Crippen LogP contribution in [-0.2, 0) is 9.53 Å². The quantitative estimate of drug-likeness (QED) is 0.668. The molecule has 0 fully saturated rings. The Morgan fingerprint density at radius 1 is 1.37 bits per heavy atom. The van der Waals surface area contributed by atoms with Crippen LogP contribution < -0.4 is 5.32 Å². The van der Waals surface area contributed by atoms with Gasteiger partial charge in [-0.05, 0) is 12.8 Å². The average molecular weight is 274 g/mol. The number of carbonyl (C=O) groups is 2. The van der Waals surface area contributed by atoms with Crippen molar-refractivity contribution < 1.29 is 19.4 Å². The van der Waals surface area contributed by atoms with E-state index in [2.05, 4.69) is 19.2 Å². The molecule has 0 rings (SSSR count). The Labute approximate surface area is 115 Å². The fourth-order valence-electron chi connectivity index (χ4n) is 1.61. The Morgan fingerprint density at radius 3 is 2.42 bits per heavy atom. The largest absolute Gasteiger partial charge is 0.481 e. The lowest BCUT2D eigenvalue weighted by Gasteiger charge is -2.25. The van der Waals surface area contributed by atoms with E-state index in [1.54, 1.807) is 4.90 Å². The van der Waals surface area contributed by atoms with Crippen LogP contribution in [-0.4, -0.2) is 54.9 Å². The first-order chi connectivity index (χ1) is 8.94. The lowest BCUT2D eigenvalue weighted by Crippen LogP contribution is -2.45. The van der Waals surface area contributed by atoms with Crippen molar-refractivity contribution in [2.24, 2.45) is 5.92 Å². The summed E-state index contributed by atoms with van der Waals surface area (Å²) in [4.78, 5) is 24.3. The van der Waals surface area contributed by atoms with Crippen LogP contribution in [0.15, 0.2) is 0 Å². The zero-order valence-electron chi connectivity index (χ0n) is 12.3. The summed E-state index contributed by atoms with van der Waals surface area (Å²) in [5.41, 5.74) is 0. The van der Waals surface area contributed by atoms with Gasteiger partial charge in [0.05, 0.1) is 12.5 Å². The number of nitrogens with zero attached hydrogens (tertiary/aromatic N) is 1. The normalized spacial score (nSPS) is 13.7. The third kappa shape index (κ3) is 7.66. The molecule has 0 aliphatic rings. The standard InChI is InChI=1S/C13H26N2O4/c1-5-10(3)9-15(6-2)13(18)14-8-11(19-4)7-12(16)17/h10-11H,5-9H2,1-4H3,(H,14,18)(H,16,17). The van der Waals surface area contributed by atoms with E-state index in [1.807, 2.05) is 6.92 Å². The summed E-state index contributed by atoms with van der Waals surface area (Å²) in [5.74, 6) is -0.490. The molecule has 0 radical (unpaired) electrons. The van der Waals surface area contributed by atoms with Crippen LogP contribution in [0.4, 0.5) is 4.79 Å². The number of methoxy groups -OCH3 is 1. The molecular formula is C13H26N2O4. The summed E-state index contributed by atoms with van der Waals surface area (Å²) in [5, 5.41) is 11.4. The van der Waals surface area contributed by atoms with Crippen molar-refractivity contribution in [2.75, 3.05) is 26.7 Å². The van der Waals surface area contributed by atoms with Crippen LogP contribution in [0, 0.1) is 5.92 Å². The molecule has 19 heavy (non-hydrogen) atoms. The summed E-state index contributed by atoms with van der Waals surface area (Å²) in [6.45, 7) is 7.65. The zero-order chi connectivity index (χ0) is 14.8. The van der Waals surface area contributed by atoms with Crippen LogP contribution in [0.2, 0.25) is 0 Å². The average Bonchev–Trinajstić information content (AvgIpc) is 2.39. The van der Waals surface area contributed by atoms with Crippen molar-refractivity contribution in [3.05, 3.63) is 0 Å². The van der Waals surface area contributed by atoms with Crippen molar-refractivity contribution in [1.82, 2.24) is 10.2 Å². The van der Waals surface area contributed by atoms with Crippen LogP contribution >= 0.6 is 0 Å². The molecule has 6 heteroatoms. The van der Waals surface area contributed by atoms with Crippen molar-refractivity contribution in [3.63, 3.8) is 0 Å². The lowest BCUT2D eigenvalue weighted by atomic mass is 10.1. The second kappa shape index (κ2) is 9.61. The summed E-state index contributed by atoms with van der Waals surface area (Å²) in [6.07, 6.45) is 0.404. The summed E-state index contributed by atoms with van der Waals surface area (Å²) in [7, 11) is 1.44. The van der Waals surface area contributed by atoms with E-state index in [0.29, 0.717) is 19.0 Å². The van der Waals surface area contributed by atoms with Gasteiger partial charge in [0, 0.05) is 26.7 Å². The number of aliphatic carboxylic acids is 1. The van der Waals surface area contributed by atoms with Gasteiger partial charge in [0.15, 0.2) is 0 Å². The molecule has 0 saturated heterocycles. The number of hydrogen-bond acceptors (Lipinski definition) is 3. The van der Waals surface area contributed by atoms with Gasteiger partial charge in [0.2, 0.25) is 0 Å². The highest BCUT2D eigenvalue weighted by Gasteiger charge is 2.17. The predicted molar refractivity (Wildman–Crippen MR) is 73.2 cm³/mol. The molecule has 0 spiro atoms. The predicted octanol–water partition coefficient (Wildman–Crippen LogP) is 1.55. The summed E-state index contributed by atoms with van der Waals surface area (Å²) in [6, 6.07) is -0.171. The molecule has 112 valence electrons. The van der Waals surface area contributed by atoms with Crippen LogP contribution in [0.5, 0.6) is 0 Å². The zero-order valence-corrected chi connectivity index (χ0v) is 12.3. The number of carbonyl (C=O) groups excluding carboxylic acids is 1. The van der Waals surface area contributed by atoms with Crippen molar-refractivity contribution in [1.29, 1.82) is 0 Å². The third-order valence-electron chi connectivity index (χ3n) is 3.11. The highest BCUT2D eigenvalue weighted by molar-refractivity contribution is 5.74. The van der Waals surface area contributed by atoms with E-state index < -0.39 is 12.1 Å². The molecular weight excluding hydrogens is 248 g/mol. The molecule has 2 N–H and O–H groups in total. The molecule has 2 amide bonds. The molecule has 0 aliphatic heterocycles. The van der Waals surface area contributed by atoms with Gasteiger partial charge in [-0.3, -0.25) is 4.79 Å². The first-order valence-electron chi connectivity index (χ1n) is 6.71. The highest BCUT2D eigenvalue weighted by atomic mass is 16.5. The second-order valence-corrected chi connectivity index (χ2v) is 4.69. The van der Waals surface area contributed by atoms with Gasteiger partial charge in [-0.2, -0.15) is 0 Å². The van der Waals surface area contributed by atoms with Gasteiger partial charge in [-0.15, -0.1) is 0 Å². The second-order valence-electron chi connectivity index (χ2n) is 4.69.